The number of carbonyl (C=O) groups excluding carboxylic acids is 4. The maximum Gasteiger partial charge on any atom is 0.255 e. The lowest BCUT2D eigenvalue weighted by Gasteiger charge is -2.00. The third-order valence-corrected chi connectivity index (χ3v) is 2.61. The van der Waals surface area contributed by atoms with E-state index >= 15 is 0 Å². The van der Waals surface area contributed by atoms with Gasteiger partial charge in [-0.2, -0.15) is 0 Å². The molecule has 0 aliphatic heterocycles. The Hall–Kier alpha value is -2.76. The zero-order chi connectivity index (χ0) is 13.4. The minimum Gasteiger partial charge on any atom is -0.365 e. The van der Waals surface area contributed by atoms with E-state index in [1.54, 1.807) is 12.1 Å². The summed E-state index contributed by atoms with van der Waals surface area (Å²) in [7, 11) is 0. The highest BCUT2D eigenvalue weighted by molar-refractivity contribution is 6.44. The zero-order valence-electron chi connectivity index (χ0n) is 9.10. The number of rotatable bonds is 2. The Kier molecular flexibility index (Phi) is 2.55. The second-order valence-corrected chi connectivity index (χ2v) is 3.68. The van der Waals surface area contributed by atoms with Gasteiger partial charge in [0.2, 0.25) is 0 Å². The van der Waals surface area contributed by atoms with Gasteiger partial charge in [-0.1, -0.05) is 24.3 Å². The van der Waals surface area contributed by atoms with Crippen molar-refractivity contribution in [2.24, 2.45) is 11.5 Å². The minimum absolute atomic E-state index is 0.137. The van der Waals surface area contributed by atoms with Gasteiger partial charge in [-0.3, -0.25) is 19.2 Å². The van der Waals surface area contributed by atoms with Crippen molar-refractivity contribution < 1.29 is 19.2 Å². The fourth-order valence-electron chi connectivity index (χ4n) is 1.85. The second kappa shape index (κ2) is 3.92. The molecule has 6 heteroatoms. The second-order valence-electron chi connectivity index (χ2n) is 3.68. The van der Waals surface area contributed by atoms with Crippen molar-refractivity contribution >= 4 is 23.4 Å². The lowest BCUT2D eigenvalue weighted by molar-refractivity contribution is -0.120. The first kappa shape index (κ1) is 11.7. The standard InChI is InChI=1S/C12H8N2O4/c13-11(17)8(12(14)18)7-9(15)5-3-1-2-4-6(5)10(7)16/h1-4H,(H2,13,17)(H2,14,18). The van der Waals surface area contributed by atoms with Crippen molar-refractivity contribution in [3.05, 3.63) is 46.5 Å². The number of Topliss-reactive ketones (excluding diaryl/α,β-unsaturated/α-hetero) is 2. The first-order valence-corrected chi connectivity index (χ1v) is 4.97. The Bertz CT molecular complexity index is 590. The fraction of sp³-hybridized carbons (Fsp3) is 0. The molecular formula is C12H8N2O4. The molecule has 2 rings (SSSR count). The van der Waals surface area contributed by atoms with Gasteiger partial charge in [0.1, 0.15) is 5.57 Å². The van der Waals surface area contributed by atoms with Crippen molar-refractivity contribution in [3.8, 4) is 0 Å². The normalized spacial score (nSPS) is 13.4. The SMILES string of the molecule is NC(=O)C(C(N)=O)=C1C(=O)c2ccccc2C1=O. The number of hydrogen-bond acceptors (Lipinski definition) is 4. The summed E-state index contributed by atoms with van der Waals surface area (Å²) in [6, 6.07) is 6.01. The van der Waals surface area contributed by atoms with Gasteiger partial charge in [0, 0.05) is 11.1 Å². The van der Waals surface area contributed by atoms with E-state index in [0.29, 0.717) is 0 Å². The van der Waals surface area contributed by atoms with E-state index in [1.807, 2.05) is 0 Å². The molecule has 0 unspecified atom stereocenters. The highest BCUT2D eigenvalue weighted by atomic mass is 16.2. The van der Waals surface area contributed by atoms with Crippen molar-refractivity contribution in [1.82, 2.24) is 0 Å². The van der Waals surface area contributed by atoms with Gasteiger partial charge in [0.15, 0.2) is 11.6 Å². The predicted octanol–water partition coefficient (Wildman–Crippen LogP) is -0.667. The maximum atomic E-state index is 12.0. The summed E-state index contributed by atoms with van der Waals surface area (Å²) in [5.41, 5.74) is 8.93. The van der Waals surface area contributed by atoms with E-state index in [2.05, 4.69) is 0 Å². The third kappa shape index (κ3) is 1.51. The first-order chi connectivity index (χ1) is 8.45. The molecule has 0 fully saturated rings. The smallest absolute Gasteiger partial charge is 0.255 e. The first-order valence-electron chi connectivity index (χ1n) is 4.97. The minimum atomic E-state index is -1.19. The molecule has 0 bridgehead atoms. The Balaban J connectivity index is 2.75. The van der Waals surface area contributed by atoms with Crippen LogP contribution in [0.4, 0.5) is 0 Å². The van der Waals surface area contributed by atoms with Gasteiger partial charge in [0.25, 0.3) is 11.8 Å². The van der Waals surface area contributed by atoms with Crippen LogP contribution in [0, 0.1) is 0 Å². The van der Waals surface area contributed by atoms with Crippen LogP contribution in [0.5, 0.6) is 0 Å². The molecular weight excluding hydrogens is 236 g/mol. The van der Waals surface area contributed by atoms with Gasteiger partial charge < -0.3 is 11.5 Å². The van der Waals surface area contributed by atoms with Crippen LogP contribution in [-0.2, 0) is 9.59 Å². The summed E-state index contributed by atoms with van der Waals surface area (Å²) in [4.78, 5) is 46.2. The molecule has 6 nitrogen and oxygen atoms in total. The topological polar surface area (TPSA) is 120 Å². The molecule has 0 atom stereocenters. The molecule has 1 aliphatic carbocycles. The summed E-state index contributed by atoms with van der Waals surface area (Å²) in [5.74, 6) is -3.79. The van der Waals surface area contributed by atoms with E-state index in [-0.39, 0.29) is 11.1 Å². The summed E-state index contributed by atoms with van der Waals surface area (Å²) in [6.45, 7) is 0. The van der Waals surface area contributed by atoms with E-state index in [4.69, 9.17) is 11.5 Å². The van der Waals surface area contributed by atoms with Gasteiger partial charge in [0.05, 0.1) is 5.57 Å². The number of benzene rings is 1. The van der Waals surface area contributed by atoms with Crippen LogP contribution in [0.15, 0.2) is 35.4 Å². The highest BCUT2D eigenvalue weighted by Crippen LogP contribution is 2.28. The van der Waals surface area contributed by atoms with E-state index in [0.717, 1.165) is 0 Å². The van der Waals surface area contributed by atoms with Gasteiger partial charge in [-0.15, -0.1) is 0 Å². The van der Waals surface area contributed by atoms with Gasteiger partial charge in [-0.25, -0.2) is 0 Å². The molecule has 1 aromatic carbocycles. The summed E-state index contributed by atoms with van der Waals surface area (Å²) >= 11 is 0. The van der Waals surface area contributed by atoms with Gasteiger partial charge >= 0.3 is 0 Å². The summed E-state index contributed by atoms with van der Waals surface area (Å²) < 4.78 is 0. The third-order valence-electron chi connectivity index (χ3n) is 2.61. The summed E-state index contributed by atoms with van der Waals surface area (Å²) in [6.07, 6.45) is 0. The van der Waals surface area contributed by atoms with Crippen LogP contribution in [0.1, 0.15) is 20.7 Å². The Morgan fingerprint density at radius 2 is 1.22 bits per heavy atom. The number of nitrogens with two attached hydrogens (primary N) is 2. The van der Waals surface area contributed by atoms with Crippen molar-refractivity contribution in [2.75, 3.05) is 0 Å². The Morgan fingerprint density at radius 3 is 1.56 bits per heavy atom. The molecule has 0 heterocycles. The summed E-state index contributed by atoms with van der Waals surface area (Å²) in [5, 5.41) is 0. The molecule has 4 N–H and O–H groups in total. The zero-order valence-corrected chi connectivity index (χ0v) is 9.10. The van der Waals surface area contributed by atoms with E-state index < -0.39 is 34.5 Å². The fourth-order valence-corrected chi connectivity index (χ4v) is 1.85. The number of ketones is 2. The molecule has 0 saturated carbocycles. The molecule has 18 heavy (non-hydrogen) atoms. The predicted molar refractivity (Wildman–Crippen MR) is 60.5 cm³/mol. The molecule has 0 radical (unpaired) electrons. The monoisotopic (exact) mass is 244 g/mol. The van der Waals surface area contributed by atoms with Crippen LogP contribution >= 0.6 is 0 Å². The lowest BCUT2D eigenvalue weighted by Crippen LogP contribution is -2.30. The van der Waals surface area contributed by atoms with Crippen LogP contribution in [0.3, 0.4) is 0 Å². The van der Waals surface area contributed by atoms with Crippen LogP contribution in [0.2, 0.25) is 0 Å². The lowest BCUT2D eigenvalue weighted by atomic mass is 10.0. The maximum absolute atomic E-state index is 12.0. The number of carbonyl (C=O) groups is 4. The highest BCUT2D eigenvalue weighted by Gasteiger charge is 2.38. The molecule has 0 saturated heterocycles. The largest absolute Gasteiger partial charge is 0.365 e. The van der Waals surface area contributed by atoms with E-state index in [9.17, 15) is 19.2 Å². The molecule has 2 amide bonds. The number of amides is 2. The van der Waals surface area contributed by atoms with Crippen LogP contribution in [-0.4, -0.2) is 23.4 Å². The molecule has 1 aliphatic rings. The number of hydrogen-bond donors (Lipinski definition) is 2. The quantitative estimate of drug-likeness (QED) is 0.407. The number of fused-ring (bicyclic) bond motifs is 1. The molecule has 90 valence electrons. The van der Waals surface area contributed by atoms with Crippen molar-refractivity contribution in [3.63, 3.8) is 0 Å². The molecule has 0 spiro atoms. The van der Waals surface area contributed by atoms with Crippen molar-refractivity contribution in [2.45, 2.75) is 0 Å². The molecule has 0 aromatic heterocycles. The number of allylic oxidation sites excluding steroid dienone is 1. The van der Waals surface area contributed by atoms with Crippen molar-refractivity contribution in [1.29, 1.82) is 0 Å². The Labute approximate surface area is 101 Å². The molecule has 1 aromatic rings. The average Bonchev–Trinajstić information content (AvgIpc) is 2.55. The van der Waals surface area contributed by atoms with E-state index in [1.165, 1.54) is 12.1 Å². The average molecular weight is 244 g/mol. The van der Waals surface area contributed by atoms with Crippen LogP contribution < -0.4 is 11.5 Å². The van der Waals surface area contributed by atoms with Gasteiger partial charge in [-0.05, 0) is 0 Å². The number of primary amides is 2. The Morgan fingerprint density at radius 1 is 0.833 bits per heavy atom. The van der Waals surface area contributed by atoms with Crippen LogP contribution in [0.25, 0.3) is 0 Å².